The van der Waals surface area contributed by atoms with Crippen LogP contribution in [0.15, 0.2) is 96.1 Å². The molecule has 0 saturated carbocycles. The van der Waals surface area contributed by atoms with E-state index >= 15 is 0 Å². The van der Waals surface area contributed by atoms with Crippen molar-refractivity contribution in [1.29, 1.82) is 0 Å². The lowest BCUT2D eigenvalue weighted by Gasteiger charge is -2.28. The van der Waals surface area contributed by atoms with Gasteiger partial charge in [-0.25, -0.2) is 0 Å². The van der Waals surface area contributed by atoms with Gasteiger partial charge in [0.15, 0.2) is 0 Å². The van der Waals surface area contributed by atoms with Gasteiger partial charge < -0.3 is 25.1 Å². The molecule has 6 nitrogen and oxygen atoms in total. The van der Waals surface area contributed by atoms with E-state index in [9.17, 15) is 20.1 Å². The van der Waals surface area contributed by atoms with Gasteiger partial charge >= 0.3 is 0 Å². The third kappa shape index (κ3) is 7.14. The monoisotopic (exact) mass is 551 g/mol. The van der Waals surface area contributed by atoms with Crippen LogP contribution in [0.3, 0.4) is 0 Å². The first-order valence-corrected chi connectivity index (χ1v) is 14.0. The molecule has 1 heterocycles. The second-order valence-corrected chi connectivity index (χ2v) is 10.7. The number of nitrogens with zero attached hydrogens (tertiary/aromatic N) is 2. The lowest BCUT2D eigenvalue weighted by atomic mass is 10.0. The second-order valence-electron chi connectivity index (χ2n) is 10.7. The van der Waals surface area contributed by atoms with Crippen molar-refractivity contribution in [2.75, 3.05) is 16.3 Å². The van der Waals surface area contributed by atoms with Gasteiger partial charge in [-0.3, -0.25) is 4.79 Å². The molecule has 0 fully saturated rings. The Balaban J connectivity index is 1.66. The van der Waals surface area contributed by atoms with E-state index in [1.165, 1.54) is 23.8 Å². The van der Waals surface area contributed by atoms with Gasteiger partial charge in [0.2, 0.25) is 0 Å². The number of anilines is 3. The molecule has 3 aromatic rings. The molecular weight excluding hydrogens is 512 g/mol. The van der Waals surface area contributed by atoms with E-state index in [2.05, 4.69) is 26.0 Å². The first kappa shape index (κ1) is 29.4. The van der Waals surface area contributed by atoms with Crippen LogP contribution in [0.4, 0.5) is 17.1 Å². The molecule has 212 valence electrons. The maximum Gasteiger partial charge on any atom is 0.260 e. The minimum absolute atomic E-state index is 0.0678. The van der Waals surface area contributed by atoms with Gasteiger partial charge in [-0.2, -0.15) is 0 Å². The lowest BCUT2D eigenvalue weighted by molar-refractivity contribution is 0.0990. The Morgan fingerprint density at radius 1 is 0.854 bits per heavy atom. The molecule has 41 heavy (non-hydrogen) atoms. The van der Waals surface area contributed by atoms with Crippen molar-refractivity contribution in [2.45, 2.75) is 53.0 Å². The molecule has 0 aromatic heterocycles. The van der Waals surface area contributed by atoms with Crippen LogP contribution in [0.25, 0.3) is 0 Å². The molecule has 0 atom stereocenters. The summed E-state index contributed by atoms with van der Waals surface area (Å²) in [6.45, 7) is 10.6. The van der Waals surface area contributed by atoms with Crippen molar-refractivity contribution in [3.63, 3.8) is 0 Å². The lowest BCUT2D eigenvalue weighted by Crippen LogP contribution is -2.30. The van der Waals surface area contributed by atoms with Crippen molar-refractivity contribution in [3.05, 3.63) is 114 Å². The van der Waals surface area contributed by atoms with E-state index in [-0.39, 0.29) is 29.7 Å². The molecule has 1 amide bonds. The number of benzene rings is 3. The number of amides is 1. The molecule has 0 bridgehead atoms. The fraction of sp³-hybridized carbons (Fsp3) is 0.257. The highest BCUT2D eigenvalue weighted by Gasteiger charge is 2.34. The Morgan fingerprint density at radius 3 is 2.32 bits per heavy atom. The number of fused-ring (bicyclic) bond motifs is 2. The van der Waals surface area contributed by atoms with Crippen LogP contribution >= 0.6 is 0 Å². The predicted molar refractivity (Wildman–Crippen MR) is 167 cm³/mol. The highest BCUT2D eigenvalue weighted by atomic mass is 16.3. The number of para-hydroxylation sites is 1. The summed E-state index contributed by atoms with van der Waals surface area (Å²) in [4.78, 5) is 17.3. The molecule has 4 rings (SSSR count). The number of hydrogen-bond acceptors (Lipinski definition) is 5. The topological polar surface area (TPSA) is 84.2 Å². The van der Waals surface area contributed by atoms with E-state index in [4.69, 9.17) is 0 Å². The van der Waals surface area contributed by atoms with Crippen LogP contribution in [0.2, 0.25) is 0 Å². The number of allylic oxidation sites excluding steroid dienone is 4. The summed E-state index contributed by atoms with van der Waals surface area (Å²) < 4.78 is 0. The number of rotatable bonds is 11. The Bertz CT molecular complexity index is 1470. The summed E-state index contributed by atoms with van der Waals surface area (Å²) in [5.74, 6) is -0.734. The molecule has 0 radical (unpaired) electrons. The third-order valence-electron chi connectivity index (χ3n) is 7.24. The number of phenols is 3. The predicted octanol–water partition coefficient (Wildman–Crippen LogP) is 8.34. The SMILES string of the molecule is C=C(C)[CH+]CC/C(C)=C/CC/C(C)=C/CN1C(=O)c2cccc(O)c2N(Cc2ccccc2)c2c(O)cc(O)cc21. The van der Waals surface area contributed by atoms with Crippen LogP contribution in [-0.2, 0) is 6.54 Å². The summed E-state index contributed by atoms with van der Waals surface area (Å²) in [6, 6.07) is 17.2. The van der Waals surface area contributed by atoms with Gasteiger partial charge in [0.05, 0.1) is 22.5 Å². The average molecular weight is 552 g/mol. The maximum absolute atomic E-state index is 14.0. The van der Waals surface area contributed by atoms with Crippen molar-refractivity contribution >= 4 is 23.0 Å². The minimum atomic E-state index is -0.328. The quantitative estimate of drug-likeness (QED) is 0.165. The zero-order chi connectivity index (χ0) is 29.5. The second kappa shape index (κ2) is 13.2. The van der Waals surface area contributed by atoms with Gasteiger partial charge in [-0.1, -0.05) is 59.7 Å². The first-order chi connectivity index (χ1) is 19.7. The van der Waals surface area contributed by atoms with Crippen LogP contribution < -0.4 is 9.80 Å². The fourth-order valence-corrected chi connectivity index (χ4v) is 5.08. The van der Waals surface area contributed by atoms with Crippen molar-refractivity contribution < 1.29 is 20.1 Å². The van der Waals surface area contributed by atoms with E-state index in [1.807, 2.05) is 50.3 Å². The average Bonchev–Trinajstić information content (AvgIpc) is 3.01. The van der Waals surface area contributed by atoms with Crippen LogP contribution in [0.1, 0.15) is 62.4 Å². The van der Waals surface area contributed by atoms with Gasteiger partial charge in [-0.05, 0) is 57.7 Å². The molecular formula is C35H39N2O4+. The van der Waals surface area contributed by atoms with E-state index in [0.29, 0.717) is 29.2 Å². The first-order valence-electron chi connectivity index (χ1n) is 14.0. The number of phenolic OH excluding ortho intramolecular Hbond substituents is 3. The Hall–Kier alpha value is -4.58. The van der Waals surface area contributed by atoms with E-state index in [0.717, 1.165) is 42.4 Å². The Kier molecular flexibility index (Phi) is 9.45. The number of hydrogen-bond donors (Lipinski definition) is 3. The molecule has 0 spiro atoms. The van der Waals surface area contributed by atoms with Crippen LogP contribution in [-0.4, -0.2) is 27.8 Å². The number of carbonyl (C=O) groups excluding carboxylic acids is 1. The van der Waals surface area contributed by atoms with Crippen LogP contribution in [0, 0.1) is 6.42 Å². The standard InChI is InChI=1S/C35H38N2O4/c1-24(2)11-8-12-25(3)13-9-14-26(4)19-20-36-30-21-28(38)22-32(40)34(30)37(23-27-15-6-5-7-16-27)33-29(35(36)41)17-10-18-31(33)39/h5-7,10-11,13,15-19,21-22H,1,8-9,12,14,20,23H2,2-4H3,(H2-,38,39,40)/p+1/b25-13+,26-19+. The summed E-state index contributed by atoms with van der Waals surface area (Å²) in [7, 11) is 0. The summed E-state index contributed by atoms with van der Waals surface area (Å²) >= 11 is 0. The van der Waals surface area contributed by atoms with Gasteiger partial charge in [0.1, 0.15) is 22.9 Å². The summed E-state index contributed by atoms with van der Waals surface area (Å²) in [5.41, 5.74) is 5.82. The van der Waals surface area contributed by atoms with E-state index < -0.39 is 0 Å². The van der Waals surface area contributed by atoms with Gasteiger partial charge in [-0.15, -0.1) is 0 Å². The van der Waals surface area contributed by atoms with Crippen molar-refractivity contribution in [3.8, 4) is 17.2 Å². The minimum Gasteiger partial charge on any atom is -0.508 e. The van der Waals surface area contributed by atoms with Gasteiger partial charge in [0, 0.05) is 44.6 Å². The van der Waals surface area contributed by atoms with Crippen molar-refractivity contribution in [2.24, 2.45) is 0 Å². The largest absolute Gasteiger partial charge is 0.508 e. The summed E-state index contributed by atoms with van der Waals surface area (Å²) in [5, 5.41) is 32.6. The Labute approximate surface area is 243 Å². The highest BCUT2D eigenvalue weighted by molar-refractivity contribution is 6.15. The molecule has 1 aliphatic rings. The zero-order valence-corrected chi connectivity index (χ0v) is 24.1. The number of carbonyl (C=O) groups is 1. The normalized spacial score (nSPS) is 13.5. The molecule has 1 aliphatic heterocycles. The zero-order valence-electron chi connectivity index (χ0n) is 24.1. The highest BCUT2D eigenvalue weighted by Crippen LogP contribution is 2.50. The Morgan fingerprint density at radius 2 is 1.59 bits per heavy atom. The molecule has 0 unspecified atom stereocenters. The smallest absolute Gasteiger partial charge is 0.260 e. The van der Waals surface area contributed by atoms with E-state index in [1.54, 1.807) is 21.9 Å². The molecule has 6 heteroatoms. The number of aromatic hydroxyl groups is 3. The summed E-state index contributed by atoms with van der Waals surface area (Å²) in [6.07, 6.45) is 10.2. The van der Waals surface area contributed by atoms with Gasteiger partial charge in [0.25, 0.3) is 5.91 Å². The molecule has 0 aliphatic carbocycles. The fourth-order valence-electron chi connectivity index (χ4n) is 5.08. The molecule has 0 saturated heterocycles. The van der Waals surface area contributed by atoms with Crippen molar-refractivity contribution in [1.82, 2.24) is 0 Å². The maximum atomic E-state index is 14.0. The van der Waals surface area contributed by atoms with Crippen LogP contribution in [0.5, 0.6) is 17.2 Å². The molecule has 3 aromatic carbocycles. The molecule has 3 N–H and O–H groups in total. The third-order valence-corrected chi connectivity index (χ3v) is 7.24.